The zero-order valence-electron chi connectivity index (χ0n) is 16.7. The number of nitro benzene ring substituents is 1. The van der Waals surface area contributed by atoms with E-state index in [2.05, 4.69) is 5.32 Å². The van der Waals surface area contributed by atoms with Crippen LogP contribution in [0.4, 0.5) is 11.4 Å². The SMILES string of the molecule is O=C(Nc1ccc2c(c1)C(=O)N(OCc1ccccc1)C(=O)C2)c1cccc([N+](=O)[O-])c1. The quantitative estimate of drug-likeness (QED) is 0.362. The van der Waals surface area contributed by atoms with Crippen LogP contribution in [-0.2, 0) is 22.7 Å². The molecular formula is C23H17N3O6. The van der Waals surface area contributed by atoms with Gasteiger partial charge in [0.1, 0.15) is 6.61 Å². The Balaban J connectivity index is 1.51. The van der Waals surface area contributed by atoms with Crippen LogP contribution >= 0.6 is 0 Å². The van der Waals surface area contributed by atoms with E-state index in [4.69, 9.17) is 4.84 Å². The molecule has 9 nitrogen and oxygen atoms in total. The number of fused-ring (bicyclic) bond motifs is 1. The van der Waals surface area contributed by atoms with Gasteiger partial charge in [0, 0.05) is 28.9 Å². The third kappa shape index (κ3) is 4.37. The molecule has 4 rings (SSSR count). The highest BCUT2D eigenvalue weighted by Gasteiger charge is 2.32. The summed E-state index contributed by atoms with van der Waals surface area (Å²) in [5, 5.41) is 14.3. The van der Waals surface area contributed by atoms with E-state index >= 15 is 0 Å². The number of rotatable bonds is 6. The number of amides is 3. The van der Waals surface area contributed by atoms with Crippen LogP contribution in [-0.4, -0.2) is 27.7 Å². The van der Waals surface area contributed by atoms with Crippen LogP contribution < -0.4 is 5.32 Å². The van der Waals surface area contributed by atoms with Gasteiger partial charge in [0.2, 0.25) is 0 Å². The maximum Gasteiger partial charge on any atom is 0.285 e. The highest BCUT2D eigenvalue weighted by Crippen LogP contribution is 2.25. The number of nitrogens with one attached hydrogen (secondary N) is 1. The molecule has 1 aliphatic heterocycles. The molecule has 9 heteroatoms. The van der Waals surface area contributed by atoms with Crippen molar-refractivity contribution >= 4 is 29.1 Å². The molecule has 3 aromatic rings. The third-order valence-corrected chi connectivity index (χ3v) is 4.87. The number of anilines is 1. The van der Waals surface area contributed by atoms with Crippen LogP contribution in [0.25, 0.3) is 0 Å². The van der Waals surface area contributed by atoms with E-state index in [-0.39, 0.29) is 29.8 Å². The Morgan fingerprint density at radius 3 is 2.56 bits per heavy atom. The number of non-ortho nitro benzene ring substituents is 1. The molecule has 0 fully saturated rings. The fourth-order valence-electron chi connectivity index (χ4n) is 3.27. The molecule has 1 heterocycles. The van der Waals surface area contributed by atoms with Gasteiger partial charge in [-0.05, 0) is 29.3 Å². The van der Waals surface area contributed by atoms with Crippen molar-refractivity contribution in [2.24, 2.45) is 0 Å². The normalized spacial score (nSPS) is 12.9. The van der Waals surface area contributed by atoms with Gasteiger partial charge < -0.3 is 5.32 Å². The fraction of sp³-hybridized carbons (Fsp3) is 0.0870. The van der Waals surface area contributed by atoms with Crippen LogP contribution in [0.3, 0.4) is 0 Å². The van der Waals surface area contributed by atoms with Crippen LogP contribution in [0.15, 0.2) is 72.8 Å². The molecule has 3 aromatic carbocycles. The maximum atomic E-state index is 12.9. The number of carbonyl (C=O) groups excluding carboxylic acids is 3. The predicted octanol–water partition coefficient (Wildman–Crippen LogP) is 3.50. The topological polar surface area (TPSA) is 119 Å². The number of nitro groups is 1. The van der Waals surface area contributed by atoms with Gasteiger partial charge in [0.05, 0.1) is 11.3 Å². The summed E-state index contributed by atoms with van der Waals surface area (Å²) in [5.74, 6) is -1.67. The smallest absolute Gasteiger partial charge is 0.285 e. The number of carbonyl (C=O) groups is 3. The van der Waals surface area contributed by atoms with E-state index in [0.717, 1.165) is 16.7 Å². The van der Waals surface area contributed by atoms with Crippen LogP contribution in [0.2, 0.25) is 0 Å². The van der Waals surface area contributed by atoms with E-state index in [1.54, 1.807) is 12.1 Å². The van der Waals surface area contributed by atoms with E-state index < -0.39 is 22.6 Å². The van der Waals surface area contributed by atoms with Crippen molar-refractivity contribution in [2.75, 3.05) is 5.32 Å². The van der Waals surface area contributed by atoms with E-state index in [1.165, 1.54) is 24.3 Å². The standard InChI is InChI=1S/C23H17N3O6/c27-21-12-16-9-10-18(24-22(28)17-7-4-8-19(11-17)26(30)31)13-20(16)23(29)25(21)32-14-15-5-2-1-3-6-15/h1-11,13H,12,14H2,(H,24,28). The Hall–Kier alpha value is -4.37. The van der Waals surface area contributed by atoms with E-state index in [9.17, 15) is 24.5 Å². The van der Waals surface area contributed by atoms with Crippen molar-refractivity contribution < 1.29 is 24.1 Å². The Bertz CT molecular complexity index is 1230. The Labute approximate surface area is 182 Å². The predicted molar refractivity (Wildman–Crippen MR) is 114 cm³/mol. The highest BCUT2D eigenvalue weighted by atomic mass is 16.7. The first-order chi connectivity index (χ1) is 15.4. The summed E-state index contributed by atoms with van der Waals surface area (Å²) in [4.78, 5) is 53.5. The fourth-order valence-corrected chi connectivity index (χ4v) is 3.27. The van der Waals surface area contributed by atoms with Gasteiger partial charge in [-0.25, -0.2) is 0 Å². The van der Waals surface area contributed by atoms with Gasteiger partial charge >= 0.3 is 0 Å². The lowest BCUT2D eigenvalue weighted by Gasteiger charge is -2.26. The zero-order valence-corrected chi connectivity index (χ0v) is 16.7. The minimum Gasteiger partial charge on any atom is -0.322 e. The Morgan fingerprint density at radius 1 is 1.03 bits per heavy atom. The summed E-state index contributed by atoms with van der Waals surface area (Å²) in [6, 6.07) is 19.0. The van der Waals surface area contributed by atoms with Gasteiger partial charge in [-0.3, -0.25) is 29.3 Å². The van der Waals surface area contributed by atoms with Crippen molar-refractivity contribution in [1.29, 1.82) is 0 Å². The maximum absolute atomic E-state index is 12.9. The number of hydrogen-bond acceptors (Lipinski definition) is 6. The van der Waals surface area contributed by atoms with Crippen molar-refractivity contribution in [1.82, 2.24) is 5.06 Å². The number of imide groups is 1. The molecule has 0 saturated heterocycles. The van der Waals surface area contributed by atoms with Crippen molar-refractivity contribution in [3.05, 3.63) is 105 Å². The second-order valence-corrected chi connectivity index (χ2v) is 7.06. The molecule has 1 N–H and O–H groups in total. The highest BCUT2D eigenvalue weighted by molar-refractivity contribution is 6.10. The number of hydroxylamine groups is 2. The zero-order chi connectivity index (χ0) is 22.7. The molecule has 3 amide bonds. The average molecular weight is 431 g/mol. The van der Waals surface area contributed by atoms with Crippen LogP contribution in [0.1, 0.15) is 31.8 Å². The molecule has 0 aliphatic carbocycles. The van der Waals surface area contributed by atoms with Crippen LogP contribution in [0.5, 0.6) is 0 Å². The molecule has 1 aliphatic rings. The van der Waals surface area contributed by atoms with E-state index in [1.807, 2.05) is 30.3 Å². The largest absolute Gasteiger partial charge is 0.322 e. The molecule has 32 heavy (non-hydrogen) atoms. The lowest BCUT2D eigenvalue weighted by molar-refractivity contribution is -0.384. The summed E-state index contributed by atoms with van der Waals surface area (Å²) in [5.41, 5.74) is 1.76. The lowest BCUT2D eigenvalue weighted by Crippen LogP contribution is -2.42. The Kier molecular flexibility index (Phi) is 5.73. The molecule has 0 atom stereocenters. The lowest BCUT2D eigenvalue weighted by atomic mass is 9.99. The summed E-state index contributed by atoms with van der Waals surface area (Å²) in [6.45, 7) is 0.0524. The second-order valence-electron chi connectivity index (χ2n) is 7.06. The number of nitrogens with zero attached hydrogens (tertiary/aromatic N) is 2. The monoisotopic (exact) mass is 431 g/mol. The molecule has 0 radical (unpaired) electrons. The summed E-state index contributed by atoms with van der Waals surface area (Å²) in [6.07, 6.45) is -0.0189. The third-order valence-electron chi connectivity index (χ3n) is 4.87. The summed E-state index contributed by atoms with van der Waals surface area (Å²) < 4.78 is 0. The Morgan fingerprint density at radius 2 is 1.81 bits per heavy atom. The van der Waals surface area contributed by atoms with Crippen molar-refractivity contribution in [3.8, 4) is 0 Å². The first-order valence-electron chi connectivity index (χ1n) is 9.65. The molecule has 0 aromatic heterocycles. The van der Waals surface area contributed by atoms with Gasteiger partial charge in [-0.2, -0.15) is 0 Å². The van der Waals surface area contributed by atoms with Gasteiger partial charge in [0.15, 0.2) is 0 Å². The molecular weight excluding hydrogens is 414 g/mol. The minimum absolute atomic E-state index is 0.0189. The number of benzene rings is 3. The van der Waals surface area contributed by atoms with Gasteiger partial charge in [-0.15, -0.1) is 5.06 Å². The molecule has 0 bridgehead atoms. The van der Waals surface area contributed by atoms with Gasteiger partial charge in [0.25, 0.3) is 23.4 Å². The van der Waals surface area contributed by atoms with Gasteiger partial charge in [-0.1, -0.05) is 42.5 Å². The second kappa shape index (κ2) is 8.78. The van der Waals surface area contributed by atoms with Crippen molar-refractivity contribution in [3.63, 3.8) is 0 Å². The van der Waals surface area contributed by atoms with E-state index in [0.29, 0.717) is 11.3 Å². The number of hydrogen-bond donors (Lipinski definition) is 1. The average Bonchev–Trinajstić information content (AvgIpc) is 2.80. The van der Waals surface area contributed by atoms with Crippen molar-refractivity contribution in [2.45, 2.75) is 13.0 Å². The summed E-state index contributed by atoms with van der Waals surface area (Å²) >= 11 is 0. The minimum atomic E-state index is -0.626. The molecule has 0 unspecified atom stereocenters. The first kappa shape index (κ1) is 20.9. The molecule has 160 valence electrons. The van der Waals surface area contributed by atoms with Crippen LogP contribution in [0, 0.1) is 10.1 Å². The molecule has 0 spiro atoms. The molecule has 0 saturated carbocycles. The first-order valence-corrected chi connectivity index (χ1v) is 9.65. The summed E-state index contributed by atoms with van der Waals surface area (Å²) in [7, 11) is 0.